The summed E-state index contributed by atoms with van der Waals surface area (Å²) < 4.78 is 6.48. The van der Waals surface area contributed by atoms with Gasteiger partial charge in [-0.3, -0.25) is 9.78 Å². The lowest BCUT2D eigenvalue weighted by Crippen LogP contribution is -2.32. The molecule has 1 aliphatic rings. The van der Waals surface area contributed by atoms with Crippen molar-refractivity contribution >= 4 is 29.3 Å². The fourth-order valence-corrected chi connectivity index (χ4v) is 3.04. The number of hydrogen-bond acceptors (Lipinski definition) is 5. The molecule has 0 atom stereocenters. The van der Waals surface area contributed by atoms with Gasteiger partial charge < -0.3 is 14.5 Å². The number of nitrogens with zero attached hydrogens (tertiary/aromatic N) is 5. The van der Waals surface area contributed by atoms with Gasteiger partial charge >= 0.3 is 6.09 Å². The van der Waals surface area contributed by atoms with E-state index in [4.69, 9.17) is 16.3 Å². The minimum Gasteiger partial charge on any atom is -0.448 e. The van der Waals surface area contributed by atoms with E-state index in [1.165, 1.54) is 0 Å². The summed E-state index contributed by atoms with van der Waals surface area (Å²) in [6, 6.07) is 3.66. The van der Waals surface area contributed by atoms with Gasteiger partial charge in [0.25, 0.3) is 0 Å². The molecule has 2 aromatic heterocycles. The maximum Gasteiger partial charge on any atom is 0.409 e. The number of carbonyl (C=O) groups is 2. The van der Waals surface area contributed by atoms with Crippen LogP contribution in [0.15, 0.2) is 30.7 Å². The third-order valence-electron chi connectivity index (χ3n) is 4.13. The number of cyclic esters (lactones) is 1. The zero-order valence-electron chi connectivity index (χ0n) is 14.5. The van der Waals surface area contributed by atoms with Crippen LogP contribution in [0.2, 0.25) is 5.15 Å². The van der Waals surface area contributed by atoms with Crippen LogP contribution < -0.4 is 4.90 Å². The minimum absolute atomic E-state index is 0.0623. The van der Waals surface area contributed by atoms with Crippen LogP contribution in [0, 0.1) is 0 Å². The summed E-state index contributed by atoms with van der Waals surface area (Å²) in [4.78, 5) is 31.3. The Bertz CT molecular complexity index is 780. The topological polar surface area (TPSA) is 80.6 Å². The lowest BCUT2D eigenvalue weighted by Gasteiger charge is -2.20. The SMILES string of the molecule is CCN(C(=O)CCCN1CCOC1=O)c1cn(-c2cccnc2)nc1Cl. The predicted octanol–water partition coefficient (Wildman–Crippen LogP) is 2.51. The quantitative estimate of drug-likeness (QED) is 0.740. The molecule has 1 saturated heterocycles. The van der Waals surface area contributed by atoms with E-state index in [9.17, 15) is 9.59 Å². The molecule has 2 amide bonds. The lowest BCUT2D eigenvalue weighted by molar-refractivity contribution is -0.118. The highest BCUT2D eigenvalue weighted by molar-refractivity contribution is 6.32. The summed E-state index contributed by atoms with van der Waals surface area (Å²) in [7, 11) is 0. The van der Waals surface area contributed by atoms with Crippen molar-refractivity contribution in [1.29, 1.82) is 0 Å². The molecule has 9 heteroatoms. The molecule has 0 aliphatic carbocycles. The van der Waals surface area contributed by atoms with Gasteiger partial charge in [-0.1, -0.05) is 11.6 Å². The molecule has 3 heterocycles. The standard InChI is InChI=1S/C17H20ClN5O3/c1-2-22(15(24)6-4-8-21-9-10-26-17(21)25)14-12-23(20-16(14)18)13-5-3-7-19-11-13/h3,5,7,11-12H,2,4,6,8-10H2,1H3. The molecule has 2 aromatic rings. The van der Waals surface area contributed by atoms with Crippen molar-refractivity contribution in [2.45, 2.75) is 19.8 Å². The van der Waals surface area contributed by atoms with E-state index in [-0.39, 0.29) is 17.2 Å². The Hall–Kier alpha value is -2.61. The molecular weight excluding hydrogens is 358 g/mol. The molecule has 0 N–H and O–H groups in total. The predicted molar refractivity (Wildman–Crippen MR) is 96.6 cm³/mol. The summed E-state index contributed by atoms with van der Waals surface area (Å²) in [5, 5.41) is 4.52. The number of halogens is 1. The van der Waals surface area contributed by atoms with Crippen LogP contribution in [0.3, 0.4) is 0 Å². The van der Waals surface area contributed by atoms with Crippen LogP contribution in [-0.2, 0) is 9.53 Å². The third-order valence-corrected chi connectivity index (χ3v) is 4.40. The summed E-state index contributed by atoms with van der Waals surface area (Å²) in [5.41, 5.74) is 1.32. The van der Waals surface area contributed by atoms with Crippen molar-refractivity contribution in [2.75, 3.05) is 31.1 Å². The van der Waals surface area contributed by atoms with Crippen LogP contribution in [-0.4, -0.2) is 57.9 Å². The van der Waals surface area contributed by atoms with E-state index >= 15 is 0 Å². The molecule has 0 spiro atoms. The number of anilines is 1. The highest BCUT2D eigenvalue weighted by atomic mass is 35.5. The first-order chi connectivity index (χ1) is 12.6. The Morgan fingerprint density at radius 3 is 2.96 bits per heavy atom. The summed E-state index contributed by atoms with van der Waals surface area (Å²) in [6.45, 7) is 3.85. The average Bonchev–Trinajstić information content (AvgIpc) is 3.23. The van der Waals surface area contributed by atoms with Gasteiger partial charge in [0.05, 0.1) is 24.6 Å². The molecule has 138 valence electrons. The zero-order chi connectivity index (χ0) is 18.5. The number of ether oxygens (including phenoxy) is 1. The van der Waals surface area contributed by atoms with Crippen LogP contribution in [0.25, 0.3) is 5.69 Å². The maximum absolute atomic E-state index is 12.6. The minimum atomic E-state index is -0.314. The van der Waals surface area contributed by atoms with Gasteiger partial charge in [-0.2, -0.15) is 5.10 Å². The lowest BCUT2D eigenvalue weighted by atomic mass is 10.2. The fraction of sp³-hybridized carbons (Fsp3) is 0.412. The number of aromatic nitrogens is 3. The first-order valence-electron chi connectivity index (χ1n) is 8.47. The summed E-state index contributed by atoms with van der Waals surface area (Å²) in [6.07, 6.45) is 5.63. The summed E-state index contributed by atoms with van der Waals surface area (Å²) >= 11 is 6.25. The molecule has 0 bridgehead atoms. The highest BCUT2D eigenvalue weighted by Crippen LogP contribution is 2.26. The molecule has 0 radical (unpaired) electrons. The van der Waals surface area contributed by atoms with Crippen molar-refractivity contribution in [2.24, 2.45) is 0 Å². The van der Waals surface area contributed by atoms with E-state index in [0.29, 0.717) is 44.8 Å². The second-order valence-electron chi connectivity index (χ2n) is 5.80. The number of amides is 2. The van der Waals surface area contributed by atoms with Crippen LogP contribution in [0.5, 0.6) is 0 Å². The Balaban J connectivity index is 1.65. The molecular formula is C17H20ClN5O3. The molecule has 1 fully saturated rings. The van der Waals surface area contributed by atoms with Gasteiger partial charge in [-0.15, -0.1) is 0 Å². The van der Waals surface area contributed by atoms with E-state index in [2.05, 4.69) is 10.1 Å². The Kier molecular flexibility index (Phi) is 5.72. The van der Waals surface area contributed by atoms with E-state index in [0.717, 1.165) is 5.69 Å². The van der Waals surface area contributed by atoms with Crippen molar-refractivity contribution < 1.29 is 14.3 Å². The normalized spacial score (nSPS) is 13.8. The van der Waals surface area contributed by atoms with Crippen molar-refractivity contribution in [1.82, 2.24) is 19.7 Å². The molecule has 0 saturated carbocycles. The monoisotopic (exact) mass is 377 g/mol. The average molecular weight is 378 g/mol. The third kappa shape index (κ3) is 3.96. The van der Waals surface area contributed by atoms with E-state index < -0.39 is 0 Å². The Morgan fingerprint density at radius 1 is 1.46 bits per heavy atom. The number of pyridine rings is 1. The molecule has 26 heavy (non-hydrogen) atoms. The molecule has 3 rings (SSSR count). The molecule has 1 aliphatic heterocycles. The summed E-state index contributed by atoms with van der Waals surface area (Å²) in [5.74, 6) is -0.0623. The number of rotatable bonds is 7. The van der Waals surface area contributed by atoms with Crippen molar-refractivity contribution in [3.63, 3.8) is 0 Å². The number of carbonyl (C=O) groups excluding carboxylic acids is 2. The first kappa shape index (κ1) is 18.2. The second-order valence-corrected chi connectivity index (χ2v) is 6.16. The van der Waals surface area contributed by atoms with Gasteiger partial charge in [0.2, 0.25) is 5.91 Å². The van der Waals surface area contributed by atoms with Gasteiger partial charge in [-0.05, 0) is 25.5 Å². The van der Waals surface area contributed by atoms with Crippen molar-refractivity contribution in [3.05, 3.63) is 35.9 Å². The van der Waals surface area contributed by atoms with Gasteiger partial charge in [0.1, 0.15) is 12.3 Å². The van der Waals surface area contributed by atoms with Crippen molar-refractivity contribution in [3.8, 4) is 5.69 Å². The fourth-order valence-electron chi connectivity index (χ4n) is 2.81. The van der Waals surface area contributed by atoms with Crippen LogP contribution >= 0.6 is 11.6 Å². The largest absolute Gasteiger partial charge is 0.448 e. The maximum atomic E-state index is 12.6. The molecule has 0 unspecified atom stereocenters. The Labute approximate surface area is 156 Å². The first-order valence-corrected chi connectivity index (χ1v) is 8.85. The van der Waals surface area contributed by atoms with Crippen LogP contribution in [0.4, 0.5) is 10.5 Å². The zero-order valence-corrected chi connectivity index (χ0v) is 15.2. The highest BCUT2D eigenvalue weighted by Gasteiger charge is 2.23. The second kappa shape index (κ2) is 8.18. The van der Waals surface area contributed by atoms with Gasteiger partial charge in [-0.25, -0.2) is 9.48 Å². The van der Waals surface area contributed by atoms with Gasteiger partial charge in [0, 0.05) is 25.7 Å². The molecule has 8 nitrogen and oxygen atoms in total. The molecule has 0 aromatic carbocycles. The Morgan fingerprint density at radius 2 is 2.31 bits per heavy atom. The van der Waals surface area contributed by atoms with Crippen LogP contribution in [0.1, 0.15) is 19.8 Å². The van der Waals surface area contributed by atoms with E-state index in [1.54, 1.807) is 39.1 Å². The number of hydrogen-bond donors (Lipinski definition) is 0. The smallest absolute Gasteiger partial charge is 0.409 e. The van der Waals surface area contributed by atoms with E-state index in [1.807, 2.05) is 13.0 Å². The van der Waals surface area contributed by atoms with Gasteiger partial charge in [0.15, 0.2) is 5.15 Å².